The molecule has 1 aromatic heterocycles. The summed E-state index contributed by atoms with van der Waals surface area (Å²) in [4.78, 5) is 22.5. The minimum atomic E-state index is -1.18. The van der Waals surface area contributed by atoms with Gasteiger partial charge in [-0.15, -0.1) is 0 Å². The molecule has 0 unspecified atom stereocenters. The Hall–Kier alpha value is -1.82. The van der Waals surface area contributed by atoms with Gasteiger partial charge >= 0.3 is 5.97 Å². The van der Waals surface area contributed by atoms with Crippen molar-refractivity contribution < 1.29 is 24.2 Å². The van der Waals surface area contributed by atoms with Crippen LogP contribution in [-0.2, 0) is 4.79 Å². The molecule has 1 aromatic rings. The second-order valence-corrected chi connectivity index (χ2v) is 3.70. The Balaban J connectivity index is 2.77. The van der Waals surface area contributed by atoms with E-state index in [2.05, 4.69) is 5.32 Å². The predicted molar refractivity (Wildman–Crippen MR) is 58.8 cm³/mol. The number of hydrogen-bond donors (Lipinski definition) is 3. The predicted octanol–water partition coefficient (Wildman–Crippen LogP) is 0.462. The van der Waals surface area contributed by atoms with Crippen molar-refractivity contribution in [3.8, 4) is 0 Å². The zero-order valence-corrected chi connectivity index (χ0v) is 9.69. The van der Waals surface area contributed by atoms with E-state index in [0.29, 0.717) is 17.1 Å². The van der Waals surface area contributed by atoms with Gasteiger partial charge in [-0.1, -0.05) is 0 Å². The van der Waals surface area contributed by atoms with E-state index < -0.39 is 17.9 Å². The summed E-state index contributed by atoms with van der Waals surface area (Å²) in [5.41, 5.74) is 0.312. The zero-order valence-electron chi connectivity index (χ0n) is 9.69. The summed E-state index contributed by atoms with van der Waals surface area (Å²) >= 11 is 0. The van der Waals surface area contributed by atoms with E-state index in [0.717, 1.165) is 0 Å². The van der Waals surface area contributed by atoms with Crippen LogP contribution in [0.15, 0.2) is 10.5 Å². The topological polar surface area (TPSA) is 99.8 Å². The van der Waals surface area contributed by atoms with Crippen molar-refractivity contribution in [3.05, 3.63) is 23.2 Å². The lowest BCUT2D eigenvalue weighted by Gasteiger charge is -2.12. The highest BCUT2D eigenvalue weighted by molar-refractivity contribution is 5.97. The lowest BCUT2D eigenvalue weighted by molar-refractivity contribution is -0.139. The molecule has 0 fully saturated rings. The molecule has 1 atom stereocenters. The van der Waals surface area contributed by atoms with Crippen molar-refractivity contribution in [2.75, 3.05) is 6.61 Å². The number of amides is 1. The van der Waals surface area contributed by atoms with E-state index in [9.17, 15) is 9.59 Å². The number of aliphatic carboxylic acids is 1. The zero-order chi connectivity index (χ0) is 13.0. The van der Waals surface area contributed by atoms with Crippen molar-refractivity contribution >= 4 is 11.9 Å². The maximum absolute atomic E-state index is 11.8. The minimum Gasteiger partial charge on any atom is -0.480 e. The molecule has 0 aliphatic rings. The van der Waals surface area contributed by atoms with Crippen LogP contribution in [-0.4, -0.2) is 34.7 Å². The molecule has 0 saturated heterocycles. The van der Waals surface area contributed by atoms with Gasteiger partial charge in [0.15, 0.2) is 0 Å². The maximum atomic E-state index is 11.8. The molecule has 1 amide bonds. The highest BCUT2D eigenvalue weighted by atomic mass is 16.4. The average Bonchev–Trinajstić information content (AvgIpc) is 2.57. The molecular formula is C11H15NO5. The Morgan fingerprint density at radius 3 is 2.53 bits per heavy atom. The molecule has 17 heavy (non-hydrogen) atoms. The summed E-state index contributed by atoms with van der Waals surface area (Å²) < 4.78 is 5.18. The van der Waals surface area contributed by atoms with Gasteiger partial charge in [0.05, 0.1) is 5.56 Å². The van der Waals surface area contributed by atoms with Gasteiger partial charge in [-0.3, -0.25) is 4.79 Å². The van der Waals surface area contributed by atoms with Gasteiger partial charge in [0.2, 0.25) is 0 Å². The number of rotatable bonds is 5. The number of furan rings is 1. The van der Waals surface area contributed by atoms with Gasteiger partial charge in [-0.2, -0.15) is 0 Å². The summed E-state index contributed by atoms with van der Waals surface area (Å²) in [6, 6.07) is 0.449. The van der Waals surface area contributed by atoms with Crippen molar-refractivity contribution in [1.29, 1.82) is 0 Å². The van der Waals surface area contributed by atoms with Gasteiger partial charge in [0.25, 0.3) is 5.91 Å². The molecular weight excluding hydrogens is 226 g/mol. The monoisotopic (exact) mass is 241 g/mol. The van der Waals surface area contributed by atoms with Crippen LogP contribution in [0.5, 0.6) is 0 Å². The van der Waals surface area contributed by atoms with E-state index in [1.54, 1.807) is 19.9 Å². The molecule has 6 nitrogen and oxygen atoms in total. The van der Waals surface area contributed by atoms with Crippen molar-refractivity contribution in [1.82, 2.24) is 5.32 Å². The normalized spacial score (nSPS) is 12.2. The summed E-state index contributed by atoms with van der Waals surface area (Å²) in [6.45, 7) is 3.02. The standard InChI is InChI=1S/C11H15NO5/c1-6-5-8(7(2)17-6)10(14)12-9(3-4-13)11(15)16/h5,9,13H,3-4H2,1-2H3,(H,12,14)(H,15,16)/t9-/m1/s1. The van der Waals surface area contributed by atoms with Gasteiger partial charge in [-0.05, 0) is 19.9 Å². The number of carbonyl (C=O) groups is 2. The summed E-state index contributed by atoms with van der Waals surface area (Å²) in [6.07, 6.45) is -0.0308. The van der Waals surface area contributed by atoms with Gasteiger partial charge < -0.3 is 19.9 Å². The molecule has 0 bridgehead atoms. The Bertz CT molecular complexity index is 423. The Morgan fingerprint density at radius 2 is 2.12 bits per heavy atom. The Kier molecular flexibility index (Phi) is 4.28. The Labute approximate surface area is 98.2 Å². The van der Waals surface area contributed by atoms with Gasteiger partial charge in [0, 0.05) is 13.0 Å². The minimum absolute atomic E-state index is 0.0308. The van der Waals surface area contributed by atoms with Crippen LogP contribution >= 0.6 is 0 Å². The first-order valence-electron chi connectivity index (χ1n) is 5.17. The molecule has 94 valence electrons. The highest BCUT2D eigenvalue weighted by Crippen LogP contribution is 2.13. The molecule has 0 radical (unpaired) electrons. The SMILES string of the molecule is Cc1cc(C(=O)N[C@H](CCO)C(=O)O)c(C)o1. The van der Waals surface area contributed by atoms with Gasteiger partial charge in [-0.25, -0.2) is 4.79 Å². The third-order valence-corrected chi connectivity index (χ3v) is 2.31. The van der Waals surface area contributed by atoms with Crippen LogP contribution in [0.2, 0.25) is 0 Å². The molecule has 1 heterocycles. The molecule has 1 rings (SSSR count). The van der Waals surface area contributed by atoms with Crippen LogP contribution < -0.4 is 5.32 Å². The van der Waals surface area contributed by atoms with E-state index in [1.165, 1.54) is 0 Å². The van der Waals surface area contributed by atoms with Crippen molar-refractivity contribution in [3.63, 3.8) is 0 Å². The summed E-state index contributed by atoms with van der Waals surface area (Å²) in [5.74, 6) is -0.666. The lowest BCUT2D eigenvalue weighted by Crippen LogP contribution is -2.41. The average molecular weight is 241 g/mol. The molecule has 6 heteroatoms. The fourth-order valence-corrected chi connectivity index (χ4v) is 1.48. The number of nitrogens with one attached hydrogen (secondary N) is 1. The molecule has 0 saturated carbocycles. The molecule has 3 N–H and O–H groups in total. The first kappa shape index (κ1) is 13.2. The summed E-state index contributed by atoms with van der Waals surface area (Å²) in [7, 11) is 0. The third kappa shape index (κ3) is 3.32. The molecule has 0 aliphatic heterocycles. The smallest absolute Gasteiger partial charge is 0.326 e. The van der Waals surface area contributed by atoms with Crippen LogP contribution in [0.25, 0.3) is 0 Å². The molecule has 0 aliphatic carbocycles. The second kappa shape index (κ2) is 5.49. The third-order valence-electron chi connectivity index (χ3n) is 2.31. The van der Waals surface area contributed by atoms with Crippen molar-refractivity contribution in [2.45, 2.75) is 26.3 Å². The molecule has 0 spiro atoms. The van der Waals surface area contributed by atoms with Crippen LogP contribution in [0.1, 0.15) is 28.3 Å². The van der Waals surface area contributed by atoms with E-state index >= 15 is 0 Å². The van der Waals surface area contributed by atoms with E-state index in [-0.39, 0.29) is 13.0 Å². The van der Waals surface area contributed by atoms with E-state index in [4.69, 9.17) is 14.6 Å². The largest absolute Gasteiger partial charge is 0.480 e. The summed E-state index contributed by atoms with van der Waals surface area (Å²) in [5, 5.41) is 19.8. The highest BCUT2D eigenvalue weighted by Gasteiger charge is 2.22. The van der Waals surface area contributed by atoms with Crippen LogP contribution in [0.4, 0.5) is 0 Å². The van der Waals surface area contributed by atoms with E-state index in [1.807, 2.05) is 0 Å². The number of hydrogen-bond acceptors (Lipinski definition) is 4. The quantitative estimate of drug-likeness (QED) is 0.695. The first-order chi connectivity index (χ1) is 7.95. The van der Waals surface area contributed by atoms with Gasteiger partial charge in [0.1, 0.15) is 17.6 Å². The fraction of sp³-hybridized carbons (Fsp3) is 0.455. The number of carbonyl (C=O) groups excluding carboxylic acids is 1. The Morgan fingerprint density at radius 1 is 1.47 bits per heavy atom. The molecule has 0 aromatic carbocycles. The van der Waals surface area contributed by atoms with Crippen LogP contribution in [0.3, 0.4) is 0 Å². The first-order valence-corrected chi connectivity index (χ1v) is 5.17. The maximum Gasteiger partial charge on any atom is 0.326 e. The number of aliphatic hydroxyl groups is 1. The van der Waals surface area contributed by atoms with Crippen molar-refractivity contribution in [2.24, 2.45) is 0 Å². The number of carboxylic acids is 1. The number of aryl methyl sites for hydroxylation is 2. The number of aliphatic hydroxyl groups excluding tert-OH is 1. The van der Waals surface area contributed by atoms with Crippen LogP contribution in [0, 0.1) is 13.8 Å². The number of carboxylic acid groups (broad SMARTS) is 1. The lowest BCUT2D eigenvalue weighted by atomic mass is 10.2. The second-order valence-electron chi connectivity index (χ2n) is 3.70. The fourth-order valence-electron chi connectivity index (χ4n) is 1.48.